The Morgan fingerprint density at radius 2 is 2.32 bits per heavy atom. The summed E-state index contributed by atoms with van der Waals surface area (Å²) in [6.07, 6.45) is 2.09. The van der Waals surface area contributed by atoms with E-state index in [-0.39, 0.29) is 11.4 Å². The maximum Gasteiger partial charge on any atom is 0.311 e. The molecule has 1 aliphatic heterocycles. The molecule has 1 heterocycles. The number of nitro benzene ring substituents is 1. The lowest BCUT2D eigenvalue weighted by atomic mass is 10.0. The predicted molar refractivity (Wildman–Crippen MR) is 73.8 cm³/mol. The first-order chi connectivity index (χ1) is 9.10. The molecule has 0 aliphatic carbocycles. The highest BCUT2D eigenvalue weighted by atomic mass is 16.6. The lowest BCUT2D eigenvalue weighted by molar-refractivity contribution is -0.385. The van der Waals surface area contributed by atoms with Crippen molar-refractivity contribution in [1.29, 1.82) is 0 Å². The van der Waals surface area contributed by atoms with E-state index in [2.05, 4.69) is 17.6 Å². The molecule has 1 saturated heterocycles. The van der Waals surface area contributed by atoms with Gasteiger partial charge in [-0.1, -0.05) is 0 Å². The number of rotatable bonds is 4. The van der Waals surface area contributed by atoms with Gasteiger partial charge in [0.2, 0.25) is 0 Å². The fourth-order valence-corrected chi connectivity index (χ4v) is 2.42. The van der Waals surface area contributed by atoms with Crippen molar-refractivity contribution in [3.05, 3.63) is 28.3 Å². The number of methoxy groups -OCH3 is 1. The second-order valence-corrected chi connectivity index (χ2v) is 4.86. The molecule has 104 valence electrons. The highest BCUT2D eigenvalue weighted by Gasteiger charge is 2.20. The average Bonchev–Trinajstić information content (AvgIpc) is 2.38. The highest BCUT2D eigenvalue weighted by Crippen LogP contribution is 2.30. The summed E-state index contributed by atoms with van der Waals surface area (Å²) in [4.78, 5) is 10.4. The zero-order chi connectivity index (χ0) is 13.8. The largest absolute Gasteiger partial charge is 0.490 e. The minimum absolute atomic E-state index is 0.00766. The van der Waals surface area contributed by atoms with Crippen LogP contribution in [0.4, 0.5) is 11.4 Å². The summed E-state index contributed by atoms with van der Waals surface area (Å²) >= 11 is 0. The van der Waals surface area contributed by atoms with Crippen molar-refractivity contribution < 1.29 is 9.66 Å². The van der Waals surface area contributed by atoms with Crippen molar-refractivity contribution >= 4 is 11.4 Å². The zero-order valence-corrected chi connectivity index (χ0v) is 11.2. The molecule has 1 aliphatic rings. The summed E-state index contributed by atoms with van der Waals surface area (Å²) in [6, 6.07) is 5.78. The number of anilines is 1. The van der Waals surface area contributed by atoms with Gasteiger partial charge >= 0.3 is 5.69 Å². The second-order valence-electron chi connectivity index (χ2n) is 4.86. The van der Waals surface area contributed by atoms with Gasteiger partial charge in [0.15, 0.2) is 5.75 Å². The standard InChI is InChI=1S/C13H19N3O3/c1-9-7-11(5-6-14-9)15-10-3-4-12(16(17)18)13(8-10)19-2/h3-4,8-9,11,14-15H,5-7H2,1-2H3. The van der Waals surface area contributed by atoms with Crippen LogP contribution in [-0.2, 0) is 0 Å². The van der Waals surface area contributed by atoms with Crippen molar-refractivity contribution in [3.8, 4) is 5.75 Å². The lowest BCUT2D eigenvalue weighted by Crippen LogP contribution is -2.41. The first kappa shape index (κ1) is 13.6. The monoisotopic (exact) mass is 265 g/mol. The third kappa shape index (κ3) is 3.35. The number of nitro groups is 1. The van der Waals surface area contributed by atoms with Crippen molar-refractivity contribution in [2.45, 2.75) is 31.8 Å². The van der Waals surface area contributed by atoms with Crippen LogP contribution in [0, 0.1) is 10.1 Å². The molecule has 2 N–H and O–H groups in total. The maximum absolute atomic E-state index is 10.8. The van der Waals surface area contributed by atoms with Crippen LogP contribution in [-0.4, -0.2) is 30.7 Å². The molecule has 6 nitrogen and oxygen atoms in total. The number of ether oxygens (including phenoxy) is 1. The summed E-state index contributed by atoms with van der Waals surface area (Å²) in [5.74, 6) is 0.289. The van der Waals surface area contributed by atoms with Gasteiger partial charge in [-0.2, -0.15) is 0 Å². The van der Waals surface area contributed by atoms with Gasteiger partial charge < -0.3 is 15.4 Å². The average molecular weight is 265 g/mol. The maximum atomic E-state index is 10.8. The molecule has 1 aromatic rings. The number of hydrogen-bond acceptors (Lipinski definition) is 5. The Morgan fingerprint density at radius 3 is 2.95 bits per heavy atom. The smallest absolute Gasteiger partial charge is 0.311 e. The van der Waals surface area contributed by atoms with Crippen LogP contribution in [0.15, 0.2) is 18.2 Å². The van der Waals surface area contributed by atoms with Crippen LogP contribution < -0.4 is 15.4 Å². The molecular formula is C13H19N3O3. The minimum atomic E-state index is -0.435. The van der Waals surface area contributed by atoms with Crippen molar-refractivity contribution in [2.75, 3.05) is 19.0 Å². The van der Waals surface area contributed by atoms with E-state index in [1.54, 1.807) is 12.1 Å². The van der Waals surface area contributed by atoms with Gasteiger partial charge in [-0.05, 0) is 32.4 Å². The fourth-order valence-electron chi connectivity index (χ4n) is 2.42. The summed E-state index contributed by atoms with van der Waals surface area (Å²) in [5, 5.41) is 17.6. The van der Waals surface area contributed by atoms with Gasteiger partial charge in [-0.15, -0.1) is 0 Å². The second kappa shape index (κ2) is 5.88. The number of hydrogen-bond donors (Lipinski definition) is 2. The molecule has 0 aromatic heterocycles. The minimum Gasteiger partial charge on any atom is -0.490 e. The van der Waals surface area contributed by atoms with Crippen molar-refractivity contribution in [2.24, 2.45) is 0 Å². The quantitative estimate of drug-likeness (QED) is 0.644. The van der Waals surface area contributed by atoms with Crippen LogP contribution in [0.1, 0.15) is 19.8 Å². The van der Waals surface area contributed by atoms with Gasteiger partial charge in [0.1, 0.15) is 0 Å². The number of nitrogens with zero attached hydrogens (tertiary/aromatic N) is 1. The molecule has 0 amide bonds. The molecule has 0 saturated carbocycles. The fraction of sp³-hybridized carbons (Fsp3) is 0.538. The SMILES string of the molecule is COc1cc(NC2CCNC(C)C2)ccc1[N+](=O)[O-]. The number of piperidine rings is 1. The van der Waals surface area contributed by atoms with Crippen LogP contribution >= 0.6 is 0 Å². The first-order valence-electron chi connectivity index (χ1n) is 6.42. The Morgan fingerprint density at radius 1 is 1.53 bits per heavy atom. The van der Waals surface area contributed by atoms with Gasteiger partial charge in [0, 0.05) is 29.9 Å². The van der Waals surface area contributed by atoms with E-state index < -0.39 is 4.92 Å². The first-order valence-corrected chi connectivity index (χ1v) is 6.42. The number of benzene rings is 1. The van der Waals surface area contributed by atoms with E-state index in [0.29, 0.717) is 12.1 Å². The van der Waals surface area contributed by atoms with Crippen LogP contribution in [0.25, 0.3) is 0 Å². The van der Waals surface area contributed by atoms with Crippen LogP contribution in [0.5, 0.6) is 5.75 Å². The van der Waals surface area contributed by atoms with Gasteiger partial charge in [-0.3, -0.25) is 10.1 Å². The predicted octanol–water partition coefficient (Wildman–Crippen LogP) is 2.16. The molecular weight excluding hydrogens is 246 g/mol. The van der Waals surface area contributed by atoms with Gasteiger partial charge in [-0.25, -0.2) is 0 Å². The summed E-state index contributed by atoms with van der Waals surface area (Å²) in [5.41, 5.74) is 0.855. The van der Waals surface area contributed by atoms with E-state index >= 15 is 0 Å². The number of nitrogens with one attached hydrogen (secondary N) is 2. The topological polar surface area (TPSA) is 76.4 Å². The van der Waals surface area contributed by atoms with Crippen molar-refractivity contribution in [1.82, 2.24) is 5.32 Å². The van der Waals surface area contributed by atoms with E-state index in [1.807, 2.05) is 0 Å². The van der Waals surface area contributed by atoms with Crippen LogP contribution in [0.3, 0.4) is 0 Å². The van der Waals surface area contributed by atoms with E-state index in [9.17, 15) is 10.1 Å². The molecule has 19 heavy (non-hydrogen) atoms. The molecule has 1 fully saturated rings. The van der Waals surface area contributed by atoms with Gasteiger partial charge in [0.05, 0.1) is 12.0 Å². The molecule has 2 rings (SSSR count). The third-order valence-corrected chi connectivity index (χ3v) is 3.37. The van der Waals surface area contributed by atoms with E-state index in [0.717, 1.165) is 25.1 Å². The molecule has 1 aromatic carbocycles. The van der Waals surface area contributed by atoms with E-state index in [1.165, 1.54) is 13.2 Å². The Balaban J connectivity index is 2.10. The molecule has 2 unspecified atom stereocenters. The third-order valence-electron chi connectivity index (χ3n) is 3.37. The van der Waals surface area contributed by atoms with Crippen LogP contribution in [0.2, 0.25) is 0 Å². The summed E-state index contributed by atoms with van der Waals surface area (Å²) < 4.78 is 5.06. The molecule has 0 spiro atoms. The van der Waals surface area contributed by atoms with Crippen molar-refractivity contribution in [3.63, 3.8) is 0 Å². The Bertz CT molecular complexity index is 464. The highest BCUT2D eigenvalue weighted by molar-refractivity contribution is 5.58. The molecule has 0 radical (unpaired) electrons. The Labute approximate surface area is 112 Å². The Hall–Kier alpha value is -1.82. The molecule has 6 heteroatoms. The molecule has 2 atom stereocenters. The van der Waals surface area contributed by atoms with Gasteiger partial charge in [0.25, 0.3) is 0 Å². The van der Waals surface area contributed by atoms with E-state index in [4.69, 9.17) is 4.74 Å². The lowest BCUT2D eigenvalue weighted by Gasteiger charge is -2.29. The summed E-state index contributed by atoms with van der Waals surface area (Å²) in [6.45, 7) is 3.15. The Kier molecular flexibility index (Phi) is 4.21. The zero-order valence-electron chi connectivity index (χ0n) is 11.2. The molecule has 0 bridgehead atoms. The normalized spacial score (nSPS) is 22.8. The summed E-state index contributed by atoms with van der Waals surface area (Å²) in [7, 11) is 1.44.